The Morgan fingerprint density at radius 2 is 2.00 bits per heavy atom. The summed E-state index contributed by atoms with van der Waals surface area (Å²) in [5.74, 6) is 0.164. The van der Waals surface area contributed by atoms with Gasteiger partial charge in [0.25, 0.3) is 0 Å². The fraction of sp³-hybridized carbons (Fsp3) is 0.960. The number of fused-ring (bicyclic) bond motifs is 2. The highest BCUT2D eigenvalue weighted by molar-refractivity contribution is 5.66. The van der Waals surface area contributed by atoms with Crippen LogP contribution in [0.1, 0.15) is 46.0 Å². The summed E-state index contributed by atoms with van der Waals surface area (Å²) >= 11 is 0. The molecule has 6 rings (SSSR count). The zero-order chi connectivity index (χ0) is 22.6. The van der Waals surface area contributed by atoms with Gasteiger partial charge in [-0.2, -0.15) is 0 Å². The van der Waals surface area contributed by atoms with Gasteiger partial charge >= 0.3 is 5.97 Å². The number of piperidine rings is 1. The molecule has 5 saturated carbocycles. The topological polar surface area (TPSA) is 88.5 Å². The first-order chi connectivity index (χ1) is 15.3. The standard InChI is InChI=1S/C25H39NO6/c1-5-26-11-23(12-30-3)7-6-19(28)25-15-8-14-17(31-4)10-24(29,16(22(25)26)9-18(23)25)20(15)21(14)32-13(2)27/h14-22,28-29H,5-12H2,1-4H3/t14-,15-,16+,17+,18-,19+,20-,21+,22-,23+,24+,25-/m1/s1. The number of nitrogens with zero attached hydrogens (tertiary/aromatic N) is 1. The van der Waals surface area contributed by atoms with Gasteiger partial charge in [-0.25, -0.2) is 0 Å². The number of carbonyl (C=O) groups is 1. The Kier molecular flexibility index (Phi) is 4.70. The van der Waals surface area contributed by atoms with Gasteiger partial charge in [0.15, 0.2) is 0 Å². The second kappa shape index (κ2) is 6.91. The number of hydrogen-bond donors (Lipinski definition) is 2. The van der Waals surface area contributed by atoms with Gasteiger partial charge in [-0.05, 0) is 44.1 Å². The van der Waals surface area contributed by atoms with Crippen LogP contribution in [0.2, 0.25) is 0 Å². The molecule has 0 aromatic heterocycles. The Morgan fingerprint density at radius 1 is 1.22 bits per heavy atom. The van der Waals surface area contributed by atoms with Crippen LogP contribution in [0.25, 0.3) is 0 Å². The molecule has 0 aromatic carbocycles. The lowest BCUT2D eigenvalue weighted by Crippen LogP contribution is -2.76. The van der Waals surface area contributed by atoms with Crippen LogP contribution in [0.5, 0.6) is 0 Å². The molecule has 0 radical (unpaired) electrons. The van der Waals surface area contributed by atoms with Crippen LogP contribution in [-0.2, 0) is 19.0 Å². The van der Waals surface area contributed by atoms with Gasteiger partial charge in [0.1, 0.15) is 6.10 Å². The molecule has 0 unspecified atom stereocenters. The lowest BCUT2D eigenvalue weighted by Gasteiger charge is -2.69. The molecule has 12 atom stereocenters. The van der Waals surface area contributed by atoms with Crippen LogP contribution in [0, 0.1) is 40.4 Å². The van der Waals surface area contributed by atoms with Crippen LogP contribution in [0.3, 0.4) is 0 Å². The highest BCUT2D eigenvalue weighted by atomic mass is 16.5. The number of ether oxygens (including phenoxy) is 3. The lowest BCUT2D eigenvalue weighted by atomic mass is 9.43. The Bertz CT molecular complexity index is 807. The third-order valence-corrected chi connectivity index (χ3v) is 11.2. The minimum atomic E-state index is -0.942. The van der Waals surface area contributed by atoms with E-state index in [1.54, 1.807) is 14.2 Å². The SMILES string of the molecule is CCN1C[C@]2(COC)CC[C@H](O)[C@@]34[C@@H]5C[C@H]6[C@H](OC(C)=O)[C@@H]5[C@](O)(C[C@@H]6OC)[C@@H](C[C@H]23)[C@@H]14. The molecule has 180 valence electrons. The summed E-state index contributed by atoms with van der Waals surface area (Å²) < 4.78 is 17.7. The summed E-state index contributed by atoms with van der Waals surface area (Å²) in [6.45, 7) is 6.27. The van der Waals surface area contributed by atoms with Gasteiger partial charge in [-0.15, -0.1) is 0 Å². The Morgan fingerprint density at radius 3 is 2.66 bits per heavy atom. The van der Waals surface area contributed by atoms with E-state index in [0.29, 0.717) is 18.9 Å². The first-order valence-electron chi connectivity index (χ1n) is 12.6. The van der Waals surface area contributed by atoms with E-state index in [4.69, 9.17) is 14.2 Å². The lowest BCUT2D eigenvalue weighted by molar-refractivity contribution is -0.274. The average molecular weight is 450 g/mol. The van der Waals surface area contributed by atoms with E-state index in [1.807, 2.05) is 0 Å². The smallest absolute Gasteiger partial charge is 0.302 e. The molecule has 1 heterocycles. The second-order valence-corrected chi connectivity index (χ2v) is 11.8. The fourth-order valence-electron chi connectivity index (χ4n) is 10.7. The summed E-state index contributed by atoms with van der Waals surface area (Å²) in [4.78, 5) is 14.7. The minimum absolute atomic E-state index is 0.0138. The van der Waals surface area contributed by atoms with Crippen molar-refractivity contribution < 1.29 is 29.2 Å². The second-order valence-electron chi connectivity index (χ2n) is 11.8. The molecule has 7 heteroatoms. The highest BCUT2D eigenvalue weighted by Gasteiger charge is 2.83. The van der Waals surface area contributed by atoms with Crippen molar-refractivity contribution in [2.75, 3.05) is 33.9 Å². The predicted molar refractivity (Wildman–Crippen MR) is 116 cm³/mol. The van der Waals surface area contributed by atoms with Crippen molar-refractivity contribution in [3.05, 3.63) is 0 Å². The van der Waals surface area contributed by atoms with Crippen molar-refractivity contribution in [3.63, 3.8) is 0 Å². The first kappa shape index (κ1) is 21.8. The highest BCUT2D eigenvalue weighted by Crippen LogP contribution is 2.79. The monoisotopic (exact) mass is 449 g/mol. The molecule has 2 N–H and O–H groups in total. The number of esters is 1. The van der Waals surface area contributed by atoms with Gasteiger partial charge < -0.3 is 24.4 Å². The van der Waals surface area contributed by atoms with Gasteiger partial charge in [0, 0.05) is 68.7 Å². The molecule has 0 aromatic rings. The zero-order valence-electron chi connectivity index (χ0n) is 19.8. The Balaban J connectivity index is 1.56. The molecule has 6 aliphatic rings. The van der Waals surface area contributed by atoms with Gasteiger partial charge in [0.2, 0.25) is 0 Å². The van der Waals surface area contributed by atoms with E-state index < -0.39 is 11.7 Å². The first-order valence-corrected chi connectivity index (χ1v) is 12.6. The van der Waals surface area contributed by atoms with Crippen LogP contribution in [-0.4, -0.2) is 85.0 Å². The van der Waals surface area contributed by atoms with Crippen molar-refractivity contribution >= 4 is 5.97 Å². The fourth-order valence-corrected chi connectivity index (χ4v) is 10.7. The normalized spacial score (nSPS) is 57.5. The van der Waals surface area contributed by atoms with E-state index in [0.717, 1.165) is 38.8 Å². The van der Waals surface area contributed by atoms with E-state index in [9.17, 15) is 15.0 Å². The molecule has 7 bridgehead atoms. The number of carbonyl (C=O) groups excluding carboxylic acids is 1. The van der Waals surface area contributed by atoms with Crippen LogP contribution < -0.4 is 0 Å². The molecule has 1 aliphatic heterocycles. The maximum atomic E-state index is 12.5. The molecular formula is C25H39NO6. The molecule has 32 heavy (non-hydrogen) atoms. The Labute approximate surface area is 190 Å². The summed E-state index contributed by atoms with van der Waals surface area (Å²) in [7, 11) is 3.51. The van der Waals surface area contributed by atoms with Crippen LogP contribution >= 0.6 is 0 Å². The van der Waals surface area contributed by atoms with E-state index in [2.05, 4.69) is 11.8 Å². The van der Waals surface area contributed by atoms with Crippen LogP contribution in [0.4, 0.5) is 0 Å². The third-order valence-electron chi connectivity index (χ3n) is 11.2. The number of rotatable bonds is 5. The molecule has 7 nitrogen and oxygen atoms in total. The summed E-state index contributed by atoms with van der Waals surface area (Å²) in [6.07, 6.45) is 3.27. The maximum Gasteiger partial charge on any atom is 0.302 e. The summed E-state index contributed by atoms with van der Waals surface area (Å²) in [5, 5.41) is 24.4. The Hall–Kier alpha value is -0.730. The molecule has 5 aliphatic carbocycles. The average Bonchev–Trinajstić information content (AvgIpc) is 3.20. The van der Waals surface area contributed by atoms with Crippen molar-refractivity contribution in [1.29, 1.82) is 0 Å². The quantitative estimate of drug-likeness (QED) is 0.614. The van der Waals surface area contributed by atoms with Crippen molar-refractivity contribution in [1.82, 2.24) is 4.90 Å². The number of methoxy groups -OCH3 is 2. The van der Waals surface area contributed by atoms with Crippen molar-refractivity contribution in [3.8, 4) is 0 Å². The van der Waals surface area contributed by atoms with Gasteiger partial charge in [-0.1, -0.05) is 6.92 Å². The molecule has 6 fully saturated rings. The number of likely N-dealkylation sites (tertiary alicyclic amines) is 1. The maximum absolute atomic E-state index is 12.5. The number of hydrogen-bond acceptors (Lipinski definition) is 7. The predicted octanol–water partition coefficient (Wildman–Crippen LogP) is 1.45. The molecule has 1 spiro atoms. The van der Waals surface area contributed by atoms with Crippen molar-refractivity contribution in [2.24, 2.45) is 40.4 Å². The third kappa shape index (κ3) is 2.28. The van der Waals surface area contributed by atoms with Crippen molar-refractivity contribution in [2.45, 2.75) is 75.9 Å². The zero-order valence-corrected chi connectivity index (χ0v) is 19.8. The van der Waals surface area contributed by atoms with E-state index >= 15 is 0 Å². The van der Waals surface area contributed by atoms with E-state index in [1.165, 1.54) is 6.92 Å². The molecule has 0 amide bonds. The summed E-state index contributed by atoms with van der Waals surface area (Å²) in [6, 6.07) is 0.163. The van der Waals surface area contributed by atoms with Crippen LogP contribution in [0.15, 0.2) is 0 Å². The minimum Gasteiger partial charge on any atom is -0.462 e. The summed E-state index contributed by atoms with van der Waals surface area (Å²) in [5.41, 5.74) is -1.20. The molecule has 1 saturated heterocycles. The molecular weight excluding hydrogens is 410 g/mol. The largest absolute Gasteiger partial charge is 0.462 e. The number of aliphatic hydroxyl groups is 2. The van der Waals surface area contributed by atoms with E-state index in [-0.39, 0.29) is 58.7 Å². The van der Waals surface area contributed by atoms with Gasteiger partial charge in [-0.3, -0.25) is 9.69 Å². The number of aliphatic hydroxyl groups excluding tert-OH is 1. The van der Waals surface area contributed by atoms with Gasteiger partial charge in [0.05, 0.1) is 24.4 Å².